The third-order valence-corrected chi connectivity index (χ3v) is 2.85. The highest BCUT2D eigenvalue weighted by molar-refractivity contribution is 5.92. The van der Waals surface area contributed by atoms with Crippen LogP contribution in [0.25, 0.3) is 5.69 Å². The molecule has 0 saturated heterocycles. The Balaban J connectivity index is 2.43. The Morgan fingerprint density at radius 1 is 1.30 bits per heavy atom. The van der Waals surface area contributed by atoms with Crippen molar-refractivity contribution in [3.8, 4) is 5.69 Å². The van der Waals surface area contributed by atoms with Crippen LogP contribution in [-0.2, 0) is 0 Å². The van der Waals surface area contributed by atoms with Crippen molar-refractivity contribution in [1.29, 1.82) is 0 Å². The second-order valence-corrected chi connectivity index (χ2v) is 4.66. The Morgan fingerprint density at radius 3 is 2.57 bits per heavy atom. The molecule has 0 aliphatic carbocycles. The molecule has 0 saturated carbocycles. The van der Waals surface area contributed by atoms with E-state index in [9.17, 15) is 27.2 Å². The molecule has 0 unspecified atom stereocenters. The molecular formula is C14H11F4N3O2. The fourth-order valence-corrected chi connectivity index (χ4v) is 1.84. The lowest BCUT2D eigenvalue weighted by Crippen LogP contribution is -2.37. The Kier molecular flexibility index (Phi) is 4.48. The molecule has 23 heavy (non-hydrogen) atoms. The van der Waals surface area contributed by atoms with Crippen LogP contribution in [0.5, 0.6) is 0 Å². The number of amides is 1. The summed E-state index contributed by atoms with van der Waals surface area (Å²) in [6.45, 7) is -0.140. The van der Waals surface area contributed by atoms with Crippen LogP contribution in [0.3, 0.4) is 0 Å². The van der Waals surface area contributed by atoms with Crippen molar-refractivity contribution < 1.29 is 22.4 Å². The highest BCUT2D eigenvalue weighted by Gasteiger charge is 2.29. The van der Waals surface area contributed by atoms with Crippen molar-refractivity contribution in [2.24, 2.45) is 0 Å². The van der Waals surface area contributed by atoms with Crippen LogP contribution in [0.2, 0.25) is 0 Å². The number of carbonyl (C=O) groups excluding carboxylic acids is 1. The number of aromatic nitrogens is 2. The van der Waals surface area contributed by atoms with Gasteiger partial charge in [0.2, 0.25) is 5.43 Å². The molecule has 2 aromatic rings. The molecule has 0 radical (unpaired) electrons. The van der Waals surface area contributed by atoms with Crippen LogP contribution in [0.15, 0.2) is 35.1 Å². The fourth-order valence-electron chi connectivity index (χ4n) is 1.84. The summed E-state index contributed by atoms with van der Waals surface area (Å²) in [7, 11) is 0. The molecule has 0 aliphatic heterocycles. The van der Waals surface area contributed by atoms with Crippen LogP contribution in [-0.4, -0.2) is 28.4 Å². The fraction of sp³-hybridized carbons (Fsp3) is 0.214. The number of hydrogen-bond acceptors (Lipinski definition) is 3. The standard InChI is InChI=1S/C14H11F4N3O2/c1-8-6-11(22)12(13(23)19-7-14(16,17)18)20-21(8)10-5-3-2-4-9(10)15/h2-6H,7H2,1H3,(H,19,23). The van der Waals surface area contributed by atoms with Crippen LogP contribution in [0, 0.1) is 12.7 Å². The Morgan fingerprint density at radius 2 is 1.96 bits per heavy atom. The highest BCUT2D eigenvalue weighted by Crippen LogP contribution is 2.14. The maximum Gasteiger partial charge on any atom is 0.405 e. The van der Waals surface area contributed by atoms with Crippen LogP contribution in [0.1, 0.15) is 16.2 Å². The van der Waals surface area contributed by atoms with Crippen molar-refractivity contribution >= 4 is 5.91 Å². The highest BCUT2D eigenvalue weighted by atomic mass is 19.4. The van der Waals surface area contributed by atoms with E-state index in [1.54, 1.807) is 5.32 Å². The molecule has 1 N–H and O–H groups in total. The first-order valence-corrected chi connectivity index (χ1v) is 6.40. The van der Waals surface area contributed by atoms with Gasteiger partial charge < -0.3 is 5.32 Å². The number of aryl methyl sites for hydroxylation is 1. The van der Waals surface area contributed by atoms with E-state index in [0.717, 1.165) is 16.8 Å². The monoisotopic (exact) mass is 329 g/mol. The van der Waals surface area contributed by atoms with Gasteiger partial charge in [0.05, 0.1) is 0 Å². The molecule has 1 amide bonds. The Hall–Kier alpha value is -2.71. The number of benzene rings is 1. The van der Waals surface area contributed by atoms with Gasteiger partial charge in [0.1, 0.15) is 18.0 Å². The summed E-state index contributed by atoms with van der Waals surface area (Å²) in [6.07, 6.45) is -4.62. The predicted octanol–water partition coefficient (Wildman–Crippen LogP) is 1.97. The van der Waals surface area contributed by atoms with Crippen molar-refractivity contribution in [2.45, 2.75) is 13.1 Å². The minimum absolute atomic E-state index is 0.0325. The number of para-hydroxylation sites is 1. The summed E-state index contributed by atoms with van der Waals surface area (Å²) < 4.78 is 51.2. The molecule has 1 heterocycles. The van der Waals surface area contributed by atoms with Gasteiger partial charge in [-0.2, -0.15) is 18.3 Å². The Bertz CT molecular complexity index is 799. The van der Waals surface area contributed by atoms with Gasteiger partial charge in [0.15, 0.2) is 5.69 Å². The van der Waals surface area contributed by atoms with E-state index in [0.29, 0.717) is 0 Å². The zero-order valence-electron chi connectivity index (χ0n) is 11.8. The van der Waals surface area contributed by atoms with Crippen molar-refractivity contribution in [2.75, 3.05) is 6.54 Å². The molecule has 0 spiro atoms. The van der Waals surface area contributed by atoms with Gasteiger partial charge >= 0.3 is 6.18 Å². The zero-order chi connectivity index (χ0) is 17.2. The molecule has 5 nitrogen and oxygen atoms in total. The average molecular weight is 329 g/mol. The summed E-state index contributed by atoms with van der Waals surface area (Å²) in [5.74, 6) is -1.94. The van der Waals surface area contributed by atoms with Gasteiger partial charge in [-0.05, 0) is 19.1 Å². The molecule has 2 rings (SSSR count). The minimum Gasteiger partial charge on any atom is -0.341 e. The van der Waals surface area contributed by atoms with Crippen molar-refractivity contribution in [1.82, 2.24) is 15.1 Å². The average Bonchev–Trinajstić information content (AvgIpc) is 2.45. The van der Waals surface area contributed by atoms with E-state index in [-0.39, 0.29) is 11.4 Å². The summed E-state index contributed by atoms with van der Waals surface area (Å²) in [5, 5.41) is 5.25. The van der Waals surface area contributed by atoms with Gasteiger partial charge in [0, 0.05) is 11.8 Å². The largest absolute Gasteiger partial charge is 0.405 e. The topological polar surface area (TPSA) is 64.0 Å². The second-order valence-electron chi connectivity index (χ2n) is 4.66. The number of alkyl halides is 3. The maximum atomic E-state index is 13.8. The summed E-state index contributed by atoms with van der Waals surface area (Å²) in [4.78, 5) is 23.5. The summed E-state index contributed by atoms with van der Waals surface area (Å²) in [5.41, 5.74) is -1.40. The zero-order valence-corrected chi connectivity index (χ0v) is 11.8. The quantitative estimate of drug-likeness (QED) is 0.876. The molecule has 9 heteroatoms. The molecule has 0 bridgehead atoms. The van der Waals surface area contributed by atoms with E-state index < -0.39 is 35.6 Å². The molecule has 122 valence electrons. The number of nitrogens with zero attached hydrogens (tertiary/aromatic N) is 2. The summed E-state index contributed by atoms with van der Waals surface area (Å²) in [6, 6.07) is 6.46. The van der Waals surface area contributed by atoms with Gasteiger partial charge in [-0.25, -0.2) is 9.07 Å². The number of rotatable bonds is 3. The van der Waals surface area contributed by atoms with Gasteiger partial charge in [-0.15, -0.1) is 0 Å². The number of halogens is 4. The van der Waals surface area contributed by atoms with Crippen LogP contribution in [0.4, 0.5) is 17.6 Å². The van der Waals surface area contributed by atoms with Gasteiger partial charge in [0.25, 0.3) is 5.91 Å². The lowest BCUT2D eigenvalue weighted by Gasteiger charge is -2.12. The first kappa shape index (κ1) is 16.7. The first-order chi connectivity index (χ1) is 10.7. The minimum atomic E-state index is -4.62. The van der Waals surface area contributed by atoms with E-state index >= 15 is 0 Å². The molecule has 0 atom stereocenters. The molecule has 1 aromatic heterocycles. The SMILES string of the molecule is Cc1cc(=O)c(C(=O)NCC(F)(F)F)nn1-c1ccccc1F. The van der Waals surface area contributed by atoms with Crippen LogP contribution < -0.4 is 10.7 Å². The predicted molar refractivity (Wildman–Crippen MR) is 72.9 cm³/mol. The normalized spacial score (nSPS) is 11.3. The van der Waals surface area contributed by atoms with E-state index in [4.69, 9.17) is 0 Å². The van der Waals surface area contributed by atoms with E-state index in [1.807, 2.05) is 0 Å². The number of hydrogen-bond donors (Lipinski definition) is 1. The van der Waals surface area contributed by atoms with Crippen molar-refractivity contribution in [3.05, 3.63) is 57.8 Å². The smallest absolute Gasteiger partial charge is 0.341 e. The summed E-state index contributed by atoms with van der Waals surface area (Å²) >= 11 is 0. The lowest BCUT2D eigenvalue weighted by atomic mass is 10.2. The van der Waals surface area contributed by atoms with Crippen LogP contribution >= 0.6 is 0 Å². The van der Waals surface area contributed by atoms with E-state index in [2.05, 4.69) is 5.10 Å². The van der Waals surface area contributed by atoms with Gasteiger partial charge in [-0.1, -0.05) is 12.1 Å². The first-order valence-electron chi connectivity index (χ1n) is 6.40. The van der Waals surface area contributed by atoms with Gasteiger partial charge in [-0.3, -0.25) is 9.59 Å². The third-order valence-electron chi connectivity index (χ3n) is 2.85. The van der Waals surface area contributed by atoms with Crippen molar-refractivity contribution in [3.63, 3.8) is 0 Å². The molecule has 1 aromatic carbocycles. The van der Waals surface area contributed by atoms with E-state index in [1.165, 1.54) is 25.1 Å². The second kappa shape index (κ2) is 6.19. The Labute approximate surface area is 127 Å². The molecule has 0 aliphatic rings. The molecule has 0 fully saturated rings. The lowest BCUT2D eigenvalue weighted by molar-refractivity contribution is -0.123. The third kappa shape index (κ3) is 3.93. The maximum absolute atomic E-state index is 13.8. The molecular weight excluding hydrogens is 318 g/mol. The number of carbonyl (C=O) groups is 1. The number of nitrogens with one attached hydrogen (secondary N) is 1.